The van der Waals surface area contributed by atoms with Crippen molar-refractivity contribution in [3.8, 4) is 11.6 Å². The van der Waals surface area contributed by atoms with E-state index in [-0.39, 0.29) is 18.5 Å². The highest BCUT2D eigenvalue weighted by molar-refractivity contribution is 5.47. The molecule has 5 heteroatoms. The average Bonchev–Trinajstić information content (AvgIpc) is 2.80. The molecule has 32 heavy (non-hydrogen) atoms. The second-order valence-electron chi connectivity index (χ2n) is 8.97. The van der Waals surface area contributed by atoms with E-state index in [0.717, 1.165) is 38.0 Å². The van der Waals surface area contributed by atoms with Crippen LogP contribution in [0.25, 0.3) is 0 Å². The number of nitrogens with zero attached hydrogens (tertiary/aromatic N) is 2. The van der Waals surface area contributed by atoms with Gasteiger partial charge in [-0.3, -0.25) is 9.29 Å². The van der Waals surface area contributed by atoms with Gasteiger partial charge in [0.05, 0.1) is 6.67 Å². The summed E-state index contributed by atoms with van der Waals surface area (Å²) in [7, 11) is 0. The molecule has 1 fully saturated rings. The highest BCUT2D eigenvalue weighted by atomic mass is 19.1. The number of aromatic hydroxyl groups is 1. The molecule has 0 amide bonds. The van der Waals surface area contributed by atoms with E-state index >= 15 is 0 Å². The van der Waals surface area contributed by atoms with Gasteiger partial charge in [0, 0.05) is 43.7 Å². The number of aromatic nitrogens is 1. The maximum Gasteiger partial charge on any atom is 0.213 e. The van der Waals surface area contributed by atoms with Crippen molar-refractivity contribution in [1.29, 1.82) is 0 Å². The Bertz CT molecular complexity index is 1040. The number of rotatable bonds is 7. The number of aryl methyl sites for hydroxylation is 1. The molecule has 2 aromatic carbocycles. The number of phenols is 1. The van der Waals surface area contributed by atoms with Crippen molar-refractivity contribution in [2.24, 2.45) is 5.92 Å². The number of fused-ring (bicyclic) bond motifs is 1. The fraction of sp³-hybridized carbons (Fsp3) is 0.370. The Morgan fingerprint density at radius 3 is 2.62 bits per heavy atom. The molecule has 1 aliphatic heterocycles. The zero-order valence-electron chi connectivity index (χ0n) is 18.2. The molecule has 5 rings (SSSR count). The smallest absolute Gasteiger partial charge is 0.213 e. The molecule has 4 nitrogen and oxygen atoms in total. The van der Waals surface area contributed by atoms with Crippen molar-refractivity contribution < 1.29 is 14.2 Å². The first-order valence-electron chi connectivity index (χ1n) is 11.4. The summed E-state index contributed by atoms with van der Waals surface area (Å²) in [6, 6.07) is 20.5. The first-order chi connectivity index (χ1) is 15.7. The van der Waals surface area contributed by atoms with E-state index < -0.39 is 0 Å². The van der Waals surface area contributed by atoms with E-state index in [0.29, 0.717) is 24.2 Å². The van der Waals surface area contributed by atoms with E-state index in [9.17, 15) is 9.50 Å². The number of phenolic OH excluding ortho intramolecular Hbond substituents is 1. The van der Waals surface area contributed by atoms with E-state index in [2.05, 4.69) is 52.3 Å². The summed E-state index contributed by atoms with van der Waals surface area (Å²) >= 11 is 0. The number of alkyl halides is 1. The third-order valence-electron chi connectivity index (χ3n) is 6.84. The number of hydrogen-bond donors (Lipinski definition) is 1. The summed E-state index contributed by atoms with van der Waals surface area (Å²) in [4.78, 5) is 6.80. The number of likely N-dealkylation sites (tertiary alicyclic amines) is 1. The molecule has 2 aliphatic rings. The van der Waals surface area contributed by atoms with Crippen LogP contribution in [0.15, 0.2) is 66.9 Å². The van der Waals surface area contributed by atoms with E-state index in [1.165, 1.54) is 16.7 Å². The van der Waals surface area contributed by atoms with Crippen LogP contribution in [0.1, 0.15) is 40.5 Å². The molecule has 2 atom stereocenters. The number of halogens is 1. The summed E-state index contributed by atoms with van der Waals surface area (Å²) in [5, 5.41) is 9.99. The second-order valence-corrected chi connectivity index (χ2v) is 8.97. The third kappa shape index (κ3) is 4.35. The van der Waals surface area contributed by atoms with Crippen molar-refractivity contribution in [2.45, 2.75) is 24.7 Å². The van der Waals surface area contributed by atoms with Crippen LogP contribution in [0.3, 0.4) is 0 Å². The van der Waals surface area contributed by atoms with Gasteiger partial charge in [0.2, 0.25) is 5.88 Å². The quantitative estimate of drug-likeness (QED) is 0.575. The average molecular weight is 433 g/mol. The molecule has 3 aromatic rings. The van der Waals surface area contributed by atoms with Gasteiger partial charge < -0.3 is 9.84 Å². The lowest BCUT2D eigenvalue weighted by molar-refractivity contribution is 0.0661. The van der Waals surface area contributed by atoms with Gasteiger partial charge >= 0.3 is 0 Å². The fourth-order valence-electron chi connectivity index (χ4n) is 5.18. The fourth-order valence-corrected chi connectivity index (χ4v) is 5.18. The molecule has 1 aliphatic carbocycles. The van der Waals surface area contributed by atoms with Crippen LogP contribution in [-0.4, -0.2) is 47.9 Å². The highest BCUT2D eigenvalue weighted by Crippen LogP contribution is 2.46. The molecular formula is C27H29FN2O2. The van der Waals surface area contributed by atoms with Gasteiger partial charge in [0.15, 0.2) is 0 Å². The summed E-state index contributed by atoms with van der Waals surface area (Å²) in [5.41, 5.74) is 4.96. The lowest BCUT2D eigenvalue weighted by atomic mass is 9.69. The molecule has 166 valence electrons. The van der Waals surface area contributed by atoms with Crippen LogP contribution in [-0.2, 0) is 6.42 Å². The first kappa shape index (κ1) is 21.0. The van der Waals surface area contributed by atoms with Crippen LogP contribution < -0.4 is 4.74 Å². The van der Waals surface area contributed by atoms with Crippen LogP contribution in [0.4, 0.5) is 4.39 Å². The Balaban J connectivity index is 1.33. The summed E-state index contributed by atoms with van der Waals surface area (Å²) in [6.07, 6.45) is 3.91. The van der Waals surface area contributed by atoms with Gasteiger partial charge in [-0.15, -0.1) is 0 Å². The van der Waals surface area contributed by atoms with Gasteiger partial charge in [-0.1, -0.05) is 42.5 Å². The highest BCUT2D eigenvalue weighted by Gasteiger charge is 2.32. The summed E-state index contributed by atoms with van der Waals surface area (Å²) < 4.78 is 18.4. The Morgan fingerprint density at radius 1 is 1.03 bits per heavy atom. The number of pyridine rings is 1. The van der Waals surface area contributed by atoms with Gasteiger partial charge in [-0.25, -0.2) is 4.98 Å². The molecule has 0 radical (unpaired) electrons. The molecule has 1 aromatic heterocycles. The molecule has 0 spiro atoms. The second kappa shape index (κ2) is 9.29. The van der Waals surface area contributed by atoms with Crippen molar-refractivity contribution in [1.82, 2.24) is 9.88 Å². The summed E-state index contributed by atoms with van der Waals surface area (Å²) in [6.45, 7) is 2.78. The molecule has 1 saturated heterocycles. The van der Waals surface area contributed by atoms with Gasteiger partial charge in [-0.05, 0) is 53.1 Å². The van der Waals surface area contributed by atoms with Crippen molar-refractivity contribution in [3.05, 3.63) is 89.1 Å². The Labute approximate surface area is 188 Å². The minimum atomic E-state index is -0.228. The van der Waals surface area contributed by atoms with E-state index in [4.69, 9.17) is 4.74 Å². The molecule has 0 bridgehead atoms. The molecule has 0 saturated carbocycles. The minimum absolute atomic E-state index is 0.182. The zero-order valence-corrected chi connectivity index (χ0v) is 18.2. The topological polar surface area (TPSA) is 45.6 Å². The maximum absolute atomic E-state index is 12.6. The van der Waals surface area contributed by atoms with Crippen molar-refractivity contribution >= 4 is 0 Å². The summed E-state index contributed by atoms with van der Waals surface area (Å²) in [5.74, 6) is 1.68. The van der Waals surface area contributed by atoms with E-state index in [1.807, 2.05) is 18.3 Å². The first-order valence-corrected chi connectivity index (χ1v) is 11.4. The monoisotopic (exact) mass is 432 g/mol. The Hall–Kier alpha value is -2.92. The van der Waals surface area contributed by atoms with Gasteiger partial charge in [0.25, 0.3) is 0 Å². The molecule has 0 unspecified atom stereocenters. The molecular weight excluding hydrogens is 403 g/mol. The largest absolute Gasteiger partial charge is 0.508 e. The van der Waals surface area contributed by atoms with Crippen molar-refractivity contribution in [2.75, 3.05) is 32.9 Å². The van der Waals surface area contributed by atoms with Crippen molar-refractivity contribution in [3.63, 3.8) is 0 Å². The van der Waals surface area contributed by atoms with Crippen LogP contribution in [0.2, 0.25) is 0 Å². The predicted molar refractivity (Wildman–Crippen MR) is 123 cm³/mol. The lowest BCUT2D eigenvalue weighted by Gasteiger charge is -2.37. The zero-order chi connectivity index (χ0) is 21.9. The molecule has 2 heterocycles. The standard InChI is InChI=1S/C27H29FN2O2/c28-15-19-17-30(18-19)12-13-32-26-11-7-22(16-29-26)27-24(20-4-2-1-3-5-20)9-6-21-14-23(31)8-10-25(21)27/h1-5,7-8,10-11,14,16,19,24,27,31H,6,9,12-13,15,17-18H2/t24-,27+/m0/s1. The SMILES string of the molecule is Oc1ccc2c(c1)CC[C@@H](c1ccccc1)[C@H]2c1ccc(OCCN2CC(CF)C2)nc1. The minimum Gasteiger partial charge on any atom is -0.508 e. The third-order valence-corrected chi connectivity index (χ3v) is 6.84. The van der Waals surface area contributed by atoms with E-state index in [1.54, 1.807) is 6.07 Å². The normalized spacial score (nSPS) is 21.0. The van der Waals surface area contributed by atoms with Crippen LogP contribution in [0.5, 0.6) is 11.6 Å². The van der Waals surface area contributed by atoms with Gasteiger partial charge in [-0.2, -0.15) is 0 Å². The van der Waals surface area contributed by atoms with Crippen LogP contribution in [0, 0.1) is 5.92 Å². The number of ether oxygens (including phenoxy) is 1. The number of benzene rings is 2. The maximum atomic E-state index is 12.6. The van der Waals surface area contributed by atoms with Gasteiger partial charge in [0.1, 0.15) is 12.4 Å². The predicted octanol–water partition coefficient (Wildman–Crippen LogP) is 4.93. The number of hydrogen-bond acceptors (Lipinski definition) is 4. The Kier molecular flexibility index (Phi) is 6.08. The molecule has 1 N–H and O–H groups in total. The Morgan fingerprint density at radius 2 is 1.88 bits per heavy atom. The lowest BCUT2D eigenvalue weighted by Crippen LogP contribution is -2.49. The van der Waals surface area contributed by atoms with Crippen LogP contribution >= 0.6 is 0 Å².